The fourth-order valence-corrected chi connectivity index (χ4v) is 4.43. The summed E-state index contributed by atoms with van der Waals surface area (Å²) in [6, 6.07) is 9.94. The number of aromatic nitrogens is 6. The van der Waals surface area contributed by atoms with Gasteiger partial charge in [0, 0.05) is 22.3 Å². The highest BCUT2D eigenvalue weighted by Crippen LogP contribution is 2.44. The Morgan fingerprint density at radius 2 is 1.85 bits per heavy atom. The van der Waals surface area contributed by atoms with E-state index < -0.39 is 0 Å². The van der Waals surface area contributed by atoms with Crippen molar-refractivity contribution >= 4 is 22.5 Å². The van der Waals surface area contributed by atoms with Crippen LogP contribution >= 0.6 is 11.6 Å². The Kier molecular flexibility index (Phi) is 4.13. The molecule has 0 spiro atoms. The smallest absolute Gasteiger partial charge is 0.221 e. The van der Waals surface area contributed by atoms with Crippen LogP contribution in [0.5, 0.6) is 0 Å². The van der Waals surface area contributed by atoms with Crippen molar-refractivity contribution in [3.05, 3.63) is 53.3 Å². The molecule has 1 aliphatic carbocycles. The van der Waals surface area contributed by atoms with Crippen molar-refractivity contribution in [3.8, 4) is 17.2 Å². The van der Waals surface area contributed by atoms with Gasteiger partial charge in [-0.2, -0.15) is 5.21 Å². The monoisotopic (exact) mass is 378 g/mol. The zero-order chi connectivity index (χ0) is 18.2. The lowest BCUT2D eigenvalue weighted by atomic mass is 9.82. The average molecular weight is 379 g/mol. The third kappa shape index (κ3) is 2.80. The van der Waals surface area contributed by atoms with Gasteiger partial charge in [-0.3, -0.25) is 4.98 Å². The number of rotatable bonds is 3. The highest BCUT2D eigenvalue weighted by atomic mass is 35.5. The van der Waals surface area contributed by atoms with Crippen LogP contribution in [0.4, 0.5) is 0 Å². The molecule has 0 amide bonds. The van der Waals surface area contributed by atoms with Gasteiger partial charge in [0.1, 0.15) is 0 Å². The van der Waals surface area contributed by atoms with Crippen molar-refractivity contribution in [1.82, 2.24) is 30.2 Å². The fourth-order valence-electron chi connectivity index (χ4n) is 4.31. The molecule has 0 aliphatic heterocycles. The average Bonchev–Trinajstić information content (AvgIpc) is 3.35. The van der Waals surface area contributed by atoms with E-state index >= 15 is 0 Å². The molecule has 1 N–H and O–H groups in total. The van der Waals surface area contributed by atoms with Gasteiger partial charge >= 0.3 is 0 Å². The van der Waals surface area contributed by atoms with E-state index in [0.717, 1.165) is 16.9 Å². The summed E-state index contributed by atoms with van der Waals surface area (Å²) in [6.07, 6.45) is 9.98. The van der Waals surface area contributed by atoms with E-state index in [9.17, 15) is 0 Å². The zero-order valence-electron chi connectivity index (χ0n) is 14.8. The molecule has 3 heterocycles. The van der Waals surface area contributed by atoms with Crippen LogP contribution in [0.3, 0.4) is 0 Å². The Hall–Kier alpha value is -2.73. The summed E-state index contributed by atoms with van der Waals surface area (Å²) in [5.41, 5.74) is 4.38. The van der Waals surface area contributed by atoms with E-state index in [1.807, 2.05) is 36.7 Å². The van der Waals surface area contributed by atoms with E-state index in [-0.39, 0.29) is 0 Å². The Morgan fingerprint density at radius 1 is 1.04 bits per heavy atom. The van der Waals surface area contributed by atoms with Gasteiger partial charge in [-0.1, -0.05) is 30.9 Å². The lowest BCUT2D eigenvalue weighted by molar-refractivity contribution is 0.446. The van der Waals surface area contributed by atoms with E-state index in [1.54, 1.807) is 0 Å². The van der Waals surface area contributed by atoms with Gasteiger partial charge in [0.05, 0.1) is 17.4 Å². The van der Waals surface area contributed by atoms with Crippen LogP contribution in [0.2, 0.25) is 5.02 Å². The summed E-state index contributed by atoms with van der Waals surface area (Å²) < 4.78 is 2.19. The second kappa shape index (κ2) is 6.78. The number of nitrogens with one attached hydrogen (secondary N) is 1. The maximum absolute atomic E-state index is 6.12. The number of aromatic amines is 1. The lowest BCUT2D eigenvalue weighted by Gasteiger charge is -2.22. The number of nitrogens with zero attached hydrogens (tertiary/aromatic N) is 5. The minimum absolute atomic E-state index is 0.491. The number of halogens is 1. The molecular formula is C20H19ClN6. The fraction of sp³-hybridized carbons (Fsp3) is 0.300. The predicted octanol–water partition coefficient (Wildman–Crippen LogP) is 4.91. The van der Waals surface area contributed by atoms with E-state index in [2.05, 4.69) is 36.2 Å². The van der Waals surface area contributed by atoms with Crippen LogP contribution < -0.4 is 0 Å². The molecular weight excluding hydrogens is 360 g/mol. The summed E-state index contributed by atoms with van der Waals surface area (Å²) in [5.74, 6) is 1.10. The van der Waals surface area contributed by atoms with E-state index in [4.69, 9.17) is 11.6 Å². The Labute approximate surface area is 161 Å². The van der Waals surface area contributed by atoms with Crippen molar-refractivity contribution in [2.24, 2.45) is 0 Å². The topological polar surface area (TPSA) is 72.3 Å². The summed E-state index contributed by atoms with van der Waals surface area (Å²) in [5, 5.41) is 17.0. The SMILES string of the molecule is Clc1ccc(-n2c(-c3nn[nH]n3)c(C3CCCCC3)c3ccncc32)cc1. The quantitative estimate of drug-likeness (QED) is 0.550. The number of tetrazole rings is 1. The second-order valence-corrected chi connectivity index (χ2v) is 7.47. The van der Waals surface area contributed by atoms with Crippen molar-refractivity contribution in [2.75, 3.05) is 0 Å². The minimum Gasteiger partial charge on any atom is -0.304 e. The number of hydrogen-bond donors (Lipinski definition) is 1. The zero-order valence-corrected chi connectivity index (χ0v) is 15.5. The first-order valence-corrected chi connectivity index (χ1v) is 9.69. The molecule has 4 aromatic rings. The van der Waals surface area contributed by atoms with E-state index in [1.165, 1.54) is 43.1 Å². The molecule has 1 fully saturated rings. The molecule has 6 nitrogen and oxygen atoms in total. The first-order chi connectivity index (χ1) is 13.3. The van der Waals surface area contributed by atoms with Gasteiger partial charge in [-0.15, -0.1) is 10.2 Å². The summed E-state index contributed by atoms with van der Waals surface area (Å²) in [6.45, 7) is 0. The summed E-state index contributed by atoms with van der Waals surface area (Å²) in [4.78, 5) is 4.39. The van der Waals surface area contributed by atoms with E-state index in [0.29, 0.717) is 16.8 Å². The minimum atomic E-state index is 0.491. The van der Waals surface area contributed by atoms with Crippen LogP contribution in [-0.4, -0.2) is 30.2 Å². The standard InChI is InChI=1S/C20H19ClN6/c21-14-6-8-15(9-7-14)27-17-12-22-11-10-16(17)18(13-4-2-1-3-5-13)19(27)20-23-25-26-24-20/h6-13H,1-5H2,(H,23,24,25,26). The molecule has 0 atom stereocenters. The van der Waals surface area contributed by atoms with Gasteiger partial charge in [0.2, 0.25) is 5.82 Å². The highest BCUT2D eigenvalue weighted by Gasteiger charge is 2.28. The number of benzene rings is 1. The van der Waals surface area contributed by atoms with Gasteiger partial charge in [-0.05, 0) is 59.9 Å². The predicted molar refractivity (Wildman–Crippen MR) is 105 cm³/mol. The van der Waals surface area contributed by atoms with Crippen LogP contribution in [0, 0.1) is 0 Å². The molecule has 0 bridgehead atoms. The molecule has 1 saturated carbocycles. The van der Waals surface area contributed by atoms with Crippen LogP contribution in [-0.2, 0) is 0 Å². The van der Waals surface area contributed by atoms with Crippen LogP contribution in [0.1, 0.15) is 43.6 Å². The first-order valence-electron chi connectivity index (χ1n) is 9.31. The largest absolute Gasteiger partial charge is 0.304 e. The number of pyridine rings is 1. The van der Waals surface area contributed by atoms with Gasteiger partial charge in [-0.25, -0.2) is 0 Å². The third-order valence-corrected chi connectivity index (χ3v) is 5.72. The van der Waals surface area contributed by atoms with Gasteiger partial charge < -0.3 is 4.57 Å². The Morgan fingerprint density at radius 3 is 2.59 bits per heavy atom. The normalized spacial score (nSPS) is 15.4. The number of fused-ring (bicyclic) bond motifs is 1. The Bertz CT molecular complexity index is 1060. The van der Waals surface area contributed by atoms with Crippen LogP contribution in [0.15, 0.2) is 42.7 Å². The molecule has 3 aromatic heterocycles. The Balaban J connectivity index is 1.85. The molecule has 1 aromatic carbocycles. The summed E-state index contributed by atoms with van der Waals surface area (Å²) in [7, 11) is 0. The number of H-pyrrole nitrogens is 1. The molecule has 7 heteroatoms. The lowest BCUT2D eigenvalue weighted by Crippen LogP contribution is -2.07. The van der Waals surface area contributed by atoms with Gasteiger partial charge in [0.15, 0.2) is 0 Å². The van der Waals surface area contributed by atoms with Crippen molar-refractivity contribution in [2.45, 2.75) is 38.0 Å². The maximum atomic E-state index is 6.12. The van der Waals surface area contributed by atoms with Gasteiger partial charge in [0.25, 0.3) is 0 Å². The molecule has 27 heavy (non-hydrogen) atoms. The third-order valence-electron chi connectivity index (χ3n) is 5.47. The van der Waals surface area contributed by atoms with Crippen molar-refractivity contribution in [3.63, 3.8) is 0 Å². The molecule has 0 saturated heterocycles. The maximum Gasteiger partial charge on any atom is 0.221 e. The molecule has 1 aliphatic rings. The first kappa shape index (κ1) is 16.4. The number of hydrogen-bond acceptors (Lipinski definition) is 4. The molecule has 0 radical (unpaired) electrons. The van der Waals surface area contributed by atoms with Crippen molar-refractivity contribution in [1.29, 1.82) is 0 Å². The molecule has 0 unspecified atom stereocenters. The second-order valence-electron chi connectivity index (χ2n) is 7.04. The highest BCUT2D eigenvalue weighted by molar-refractivity contribution is 6.30. The molecule has 5 rings (SSSR count). The van der Waals surface area contributed by atoms with Crippen LogP contribution in [0.25, 0.3) is 28.1 Å². The molecule has 136 valence electrons. The van der Waals surface area contributed by atoms with Crippen molar-refractivity contribution < 1.29 is 0 Å². The summed E-state index contributed by atoms with van der Waals surface area (Å²) >= 11 is 6.12.